The van der Waals surface area contributed by atoms with Crippen LogP contribution in [0, 0.1) is 13.8 Å². The van der Waals surface area contributed by atoms with Gasteiger partial charge in [-0.1, -0.05) is 23.7 Å². The van der Waals surface area contributed by atoms with Crippen LogP contribution in [0.5, 0.6) is 5.75 Å². The molecule has 0 atom stereocenters. The number of carboxylic acids is 1. The minimum atomic E-state index is -4.64. The van der Waals surface area contributed by atoms with E-state index in [9.17, 15) is 32.7 Å². The average Bonchev–Trinajstić information content (AvgIpc) is 2.98. The maximum absolute atomic E-state index is 13.0. The summed E-state index contributed by atoms with van der Waals surface area (Å²) in [5.74, 6) is -1.27. The number of carbonyl (C=O) groups is 3. The van der Waals surface area contributed by atoms with E-state index in [4.69, 9.17) is 16.3 Å². The summed E-state index contributed by atoms with van der Waals surface area (Å²) in [6.45, 7) is 5.86. The number of halogens is 4. The molecular weight excluding hydrogens is 477 g/mol. The average molecular weight is 499 g/mol. The van der Waals surface area contributed by atoms with Crippen molar-refractivity contribution in [2.75, 3.05) is 11.4 Å². The minimum absolute atomic E-state index is 0.0749. The summed E-state index contributed by atoms with van der Waals surface area (Å²) in [4.78, 5) is 38.9. The molecule has 7 nitrogen and oxygen atoms in total. The maximum Gasteiger partial charge on any atom is 0.417 e. The summed E-state index contributed by atoms with van der Waals surface area (Å²) in [5, 5.41) is 8.73. The number of ether oxygens (including phenoxy) is 1. The molecule has 0 bridgehead atoms. The number of aryl methyl sites for hydroxylation is 2. The SMILES string of the molecule is Cc1cc(CN2C(=O)CN(c3ccc(C(F)(F)F)c(Cl)c3)C2=O)cc(C)c1OC(C)(C)C(=O)O. The van der Waals surface area contributed by atoms with Crippen molar-refractivity contribution in [3.63, 3.8) is 0 Å². The molecule has 3 amide bonds. The number of carboxylic acid groups (broad SMARTS) is 1. The third-order valence-corrected chi connectivity index (χ3v) is 5.67. The van der Waals surface area contributed by atoms with Crippen molar-refractivity contribution in [2.24, 2.45) is 0 Å². The number of amides is 3. The Balaban J connectivity index is 1.82. The molecule has 34 heavy (non-hydrogen) atoms. The predicted octanol–water partition coefficient (Wildman–Crippen LogP) is 5.19. The van der Waals surface area contributed by atoms with Crippen LogP contribution in [0.2, 0.25) is 5.02 Å². The van der Waals surface area contributed by atoms with E-state index in [-0.39, 0.29) is 18.8 Å². The van der Waals surface area contributed by atoms with Crippen molar-refractivity contribution in [1.29, 1.82) is 0 Å². The van der Waals surface area contributed by atoms with Crippen molar-refractivity contribution in [3.05, 3.63) is 57.6 Å². The van der Waals surface area contributed by atoms with Gasteiger partial charge in [-0.15, -0.1) is 0 Å². The lowest BCUT2D eigenvalue weighted by Gasteiger charge is -2.25. The monoisotopic (exact) mass is 498 g/mol. The van der Waals surface area contributed by atoms with Gasteiger partial charge in [0.15, 0.2) is 5.60 Å². The highest BCUT2D eigenvalue weighted by Crippen LogP contribution is 2.37. The second-order valence-electron chi connectivity index (χ2n) is 8.49. The highest BCUT2D eigenvalue weighted by molar-refractivity contribution is 6.32. The molecule has 1 saturated heterocycles. The van der Waals surface area contributed by atoms with E-state index in [0.29, 0.717) is 22.4 Å². The molecule has 11 heteroatoms. The standard InChI is InChI=1S/C23H22ClF3N2O5/c1-12-7-14(8-13(2)19(12)34-22(3,4)20(31)32)10-29-18(30)11-28(21(29)33)15-5-6-16(17(24)9-15)23(25,26)27/h5-9H,10-11H2,1-4H3,(H,31,32). The van der Waals surface area contributed by atoms with Gasteiger partial charge in [0, 0.05) is 5.69 Å². The molecule has 0 spiro atoms. The molecule has 1 N–H and O–H groups in total. The first-order valence-electron chi connectivity index (χ1n) is 10.1. The van der Waals surface area contributed by atoms with Crippen molar-refractivity contribution in [2.45, 2.75) is 46.0 Å². The Morgan fingerprint density at radius 3 is 2.21 bits per heavy atom. The van der Waals surface area contributed by atoms with Gasteiger partial charge in [0.2, 0.25) is 0 Å². The third kappa shape index (κ3) is 4.96. The predicted molar refractivity (Wildman–Crippen MR) is 118 cm³/mol. The Morgan fingerprint density at radius 1 is 1.12 bits per heavy atom. The number of alkyl halides is 3. The number of imide groups is 1. The van der Waals surface area contributed by atoms with Crippen molar-refractivity contribution in [1.82, 2.24) is 4.90 Å². The van der Waals surface area contributed by atoms with E-state index in [1.165, 1.54) is 13.8 Å². The second-order valence-corrected chi connectivity index (χ2v) is 8.89. The number of aliphatic carboxylic acids is 1. The van der Waals surface area contributed by atoms with Crippen LogP contribution in [0.1, 0.15) is 36.1 Å². The van der Waals surface area contributed by atoms with E-state index in [0.717, 1.165) is 28.0 Å². The maximum atomic E-state index is 13.0. The van der Waals surface area contributed by atoms with Gasteiger partial charge in [0.1, 0.15) is 12.3 Å². The molecule has 182 valence electrons. The van der Waals surface area contributed by atoms with Gasteiger partial charge < -0.3 is 9.84 Å². The van der Waals surface area contributed by atoms with Crippen LogP contribution in [0.3, 0.4) is 0 Å². The van der Waals surface area contributed by atoms with Crippen LogP contribution >= 0.6 is 11.6 Å². The Labute approximate surface area is 198 Å². The molecular formula is C23H22ClF3N2O5. The molecule has 0 radical (unpaired) electrons. The normalized spacial score (nSPS) is 14.7. The van der Waals surface area contributed by atoms with Gasteiger partial charge in [-0.05, 0) is 62.6 Å². The zero-order chi connectivity index (χ0) is 25.6. The molecule has 1 fully saturated rings. The number of nitrogens with zero attached hydrogens (tertiary/aromatic N) is 2. The molecule has 2 aromatic rings. The number of rotatable bonds is 6. The first-order valence-corrected chi connectivity index (χ1v) is 10.5. The van der Waals surface area contributed by atoms with Crippen molar-refractivity contribution in [3.8, 4) is 5.75 Å². The number of anilines is 1. The quantitative estimate of drug-likeness (QED) is 0.554. The molecule has 1 aliphatic rings. The van der Waals surface area contributed by atoms with Crippen LogP contribution in [-0.4, -0.2) is 40.1 Å². The molecule has 1 heterocycles. The lowest BCUT2D eigenvalue weighted by molar-refractivity contribution is -0.152. The summed E-state index contributed by atoms with van der Waals surface area (Å²) >= 11 is 5.75. The lowest BCUT2D eigenvalue weighted by Crippen LogP contribution is -2.38. The molecule has 1 aliphatic heterocycles. The highest BCUT2D eigenvalue weighted by atomic mass is 35.5. The Kier molecular flexibility index (Phi) is 6.58. The summed E-state index contributed by atoms with van der Waals surface area (Å²) < 4.78 is 44.5. The summed E-state index contributed by atoms with van der Waals surface area (Å²) in [7, 11) is 0. The van der Waals surface area contributed by atoms with E-state index >= 15 is 0 Å². The van der Waals surface area contributed by atoms with Gasteiger partial charge in [-0.25, -0.2) is 9.59 Å². The summed E-state index contributed by atoms with van der Waals surface area (Å²) in [6, 6.07) is 5.53. The third-order valence-electron chi connectivity index (χ3n) is 5.36. The fourth-order valence-corrected chi connectivity index (χ4v) is 3.86. The fraction of sp³-hybridized carbons (Fsp3) is 0.348. The molecule has 0 saturated carbocycles. The zero-order valence-electron chi connectivity index (χ0n) is 18.8. The van der Waals surface area contributed by atoms with Crippen LogP contribution in [0.15, 0.2) is 30.3 Å². The molecule has 0 aliphatic carbocycles. The fourth-order valence-electron chi connectivity index (χ4n) is 3.57. The summed E-state index contributed by atoms with van der Waals surface area (Å²) in [6.07, 6.45) is -4.64. The van der Waals surface area contributed by atoms with Crippen LogP contribution < -0.4 is 9.64 Å². The lowest BCUT2D eigenvalue weighted by atomic mass is 10.0. The van der Waals surface area contributed by atoms with Crippen LogP contribution in [-0.2, 0) is 22.3 Å². The van der Waals surface area contributed by atoms with Crippen LogP contribution in [0.4, 0.5) is 23.7 Å². The van der Waals surface area contributed by atoms with Crippen LogP contribution in [0.25, 0.3) is 0 Å². The highest BCUT2D eigenvalue weighted by Gasteiger charge is 2.39. The van der Waals surface area contributed by atoms with Gasteiger partial charge in [0.05, 0.1) is 17.1 Å². The van der Waals surface area contributed by atoms with E-state index < -0.39 is 40.3 Å². The molecule has 0 unspecified atom stereocenters. The number of hydrogen-bond acceptors (Lipinski definition) is 4. The summed E-state index contributed by atoms with van der Waals surface area (Å²) in [5.41, 5.74) is -0.575. The van der Waals surface area contributed by atoms with Crippen molar-refractivity contribution >= 4 is 35.2 Å². The molecule has 2 aromatic carbocycles. The van der Waals surface area contributed by atoms with E-state index in [1.807, 2.05) is 0 Å². The Morgan fingerprint density at radius 2 is 1.71 bits per heavy atom. The smallest absolute Gasteiger partial charge is 0.417 e. The minimum Gasteiger partial charge on any atom is -0.478 e. The molecule has 3 rings (SSSR count). The molecule has 0 aromatic heterocycles. The van der Waals surface area contributed by atoms with E-state index in [1.54, 1.807) is 26.0 Å². The van der Waals surface area contributed by atoms with Gasteiger partial charge in [-0.2, -0.15) is 13.2 Å². The Hall–Kier alpha value is -3.27. The number of benzene rings is 2. The topological polar surface area (TPSA) is 87.2 Å². The van der Waals surface area contributed by atoms with Gasteiger partial charge >= 0.3 is 18.2 Å². The van der Waals surface area contributed by atoms with Gasteiger partial charge in [-0.3, -0.25) is 14.6 Å². The first kappa shape index (κ1) is 25.4. The Bertz CT molecular complexity index is 1160. The van der Waals surface area contributed by atoms with Crippen molar-refractivity contribution < 1.29 is 37.4 Å². The largest absolute Gasteiger partial charge is 0.478 e. The van der Waals surface area contributed by atoms with E-state index in [2.05, 4.69) is 0 Å². The van der Waals surface area contributed by atoms with Gasteiger partial charge in [0.25, 0.3) is 5.91 Å². The second kappa shape index (κ2) is 8.83. The number of urea groups is 1. The zero-order valence-corrected chi connectivity index (χ0v) is 19.5. The first-order chi connectivity index (χ1) is 15.6. The number of hydrogen-bond donors (Lipinski definition) is 1. The number of carbonyl (C=O) groups excluding carboxylic acids is 2.